The molecule has 0 saturated heterocycles. The van der Waals surface area contributed by atoms with Crippen LogP contribution in [0.2, 0.25) is 0 Å². The molecule has 0 aromatic heterocycles. The molecule has 0 heterocycles. The Hall–Kier alpha value is -1.06. The van der Waals surface area contributed by atoms with Gasteiger partial charge in [-0.05, 0) is 6.42 Å². The molecule has 0 fully saturated rings. The fourth-order valence-corrected chi connectivity index (χ4v) is 1.11. The molecule has 0 aliphatic carbocycles. The highest BCUT2D eigenvalue weighted by molar-refractivity contribution is 5.84. The number of esters is 1. The van der Waals surface area contributed by atoms with E-state index in [-0.39, 0.29) is 0 Å². The maximum absolute atomic E-state index is 11.1. The maximum atomic E-state index is 11.1. The number of unbranched alkanes of at least 4 members (excludes halogenated alkanes) is 4. The van der Waals surface area contributed by atoms with Crippen molar-refractivity contribution in [3.8, 4) is 0 Å². The van der Waals surface area contributed by atoms with E-state index >= 15 is 0 Å². The largest absolute Gasteiger partial charge is 0.416 e. The molecule has 0 aliphatic rings. The highest BCUT2D eigenvalue weighted by atomic mass is 16.6. The van der Waals surface area contributed by atoms with Crippen LogP contribution in [0.4, 0.5) is 4.79 Å². The summed E-state index contributed by atoms with van der Waals surface area (Å²) in [5.41, 5.74) is 0. The SMILES string of the molecule is CCCCCCCC(=O)OC(=O)N(C)C. The molecule has 0 aliphatic heterocycles. The smallest absolute Gasteiger partial charge is 0.376 e. The third-order valence-corrected chi connectivity index (χ3v) is 2.05. The molecular formula is C11H21NO3. The van der Waals surface area contributed by atoms with Crippen molar-refractivity contribution in [1.29, 1.82) is 0 Å². The van der Waals surface area contributed by atoms with Gasteiger partial charge in [-0.1, -0.05) is 32.6 Å². The van der Waals surface area contributed by atoms with Crippen molar-refractivity contribution in [2.24, 2.45) is 0 Å². The number of carbonyl (C=O) groups is 2. The van der Waals surface area contributed by atoms with E-state index in [0.717, 1.165) is 19.3 Å². The number of carbonyl (C=O) groups excluding carboxylic acids is 2. The lowest BCUT2D eigenvalue weighted by molar-refractivity contribution is -0.138. The Bertz CT molecular complexity index is 202. The summed E-state index contributed by atoms with van der Waals surface area (Å²) >= 11 is 0. The van der Waals surface area contributed by atoms with Crippen LogP contribution in [-0.2, 0) is 9.53 Å². The summed E-state index contributed by atoms with van der Waals surface area (Å²) in [4.78, 5) is 23.3. The second-order valence-corrected chi connectivity index (χ2v) is 3.80. The molecule has 0 aromatic carbocycles. The van der Waals surface area contributed by atoms with E-state index in [9.17, 15) is 9.59 Å². The van der Waals surface area contributed by atoms with Crippen LogP contribution >= 0.6 is 0 Å². The van der Waals surface area contributed by atoms with Crippen molar-refractivity contribution in [2.75, 3.05) is 14.1 Å². The van der Waals surface area contributed by atoms with E-state index in [1.54, 1.807) is 14.1 Å². The van der Waals surface area contributed by atoms with Gasteiger partial charge in [-0.3, -0.25) is 4.79 Å². The van der Waals surface area contributed by atoms with Gasteiger partial charge in [0.25, 0.3) is 0 Å². The minimum absolute atomic E-state index is 0.337. The Morgan fingerprint density at radius 1 is 1.07 bits per heavy atom. The molecule has 88 valence electrons. The summed E-state index contributed by atoms with van der Waals surface area (Å²) in [5, 5.41) is 0. The minimum atomic E-state index is -0.589. The fourth-order valence-electron chi connectivity index (χ4n) is 1.11. The molecule has 0 N–H and O–H groups in total. The lowest BCUT2D eigenvalue weighted by atomic mass is 10.1. The number of amides is 1. The molecule has 0 unspecified atom stereocenters. The average Bonchev–Trinajstić information content (AvgIpc) is 2.17. The number of ether oxygens (including phenoxy) is 1. The lowest BCUT2D eigenvalue weighted by Gasteiger charge is -2.09. The Balaban J connectivity index is 3.45. The van der Waals surface area contributed by atoms with Gasteiger partial charge in [-0.15, -0.1) is 0 Å². The van der Waals surface area contributed by atoms with E-state index in [4.69, 9.17) is 0 Å². The van der Waals surface area contributed by atoms with E-state index in [1.807, 2.05) is 0 Å². The van der Waals surface area contributed by atoms with Crippen molar-refractivity contribution >= 4 is 12.1 Å². The highest BCUT2D eigenvalue weighted by Gasteiger charge is 2.11. The highest BCUT2D eigenvalue weighted by Crippen LogP contribution is 2.05. The predicted octanol–water partition coefficient (Wildman–Crippen LogP) is 2.57. The van der Waals surface area contributed by atoms with E-state index < -0.39 is 12.1 Å². The van der Waals surface area contributed by atoms with Crippen molar-refractivity contribution < 1.29 is 14.3 Å². The Labute approximate surface area is 91.6 Å². The molecule has 1 amide bonds. The minimum Gasteiger partial charge on any atom is -0.376 e. The average molecular weight is 215 g/mol. The van der Waals surface area contributed by atoms with Gasteiger partial charge in [0.05, 0.1) is 0 Å². The van der Waals surface area contributed by atoms with E-state index in [1.165, 1.54) is 17.7 Å². The predicted molar refractivity (Wildman–Crippen MR) is 58.6 cm³/mol. The molecule has 4 heteroatoms. The second kappa shape index (κ2) is 8.26. The van der Waals surface area contributed by atoms with Gasteiger partial charge in [0.1, 0.15) is 0 Å². The van der Waals surface area contributed by atoms with Gasteiger partial charge in [-0.25, -0.2) is 4.79 Å². The zero-order valence-electron chi connectivity index (χ0n) is 9.91. The van der Waals surface area contributed by atoms with Crippen LogP contribution in [-0.4, -0.2) is 31.1 Å². The summed E-state index contributed by atoms with van der Waals surface area (Å²) in [6, 6.07) is 0. The van der Waals surface area contributed by atoms with Gasteiger partial charge in [-0.2, -0.15) is 0 Å². The van der Waals surface area contributed by atoms with Crippen LogP contribution < -0.4 is 0 Å². The summed E-state index contributed by atoms with van der Waals surface area (Å²) < 4.78 is 4.57. The number of nitrogens with zero attached hydrogens (tertiary/aromatic N) is 1. The fraction of sp³-hybridized carbons (Fsp3) is 0.818. The Morgan fingerprint density at radius 2 is 1.67 bits per heavy atom. The molecule has 0 radical (unpaired) electrons. The summed E-state index contributed by atoms with van der Waals surface area (Å²) in [6.45, 7) is 2.14. The quantitative estimate of drug-likeness (QED) is 0.388. The molecule has 15 heavy (non-hydrogen) atoms. The summed E-state index contributed by atoms with van der Waals surface area (Å²) in [7, 11) is 3.10. The first-order valence-corrected chi connectivity index (χ1v) is 5.50. The first-order chi connectivity index (χ1) is 7.07. The first kappa shape index (κ1) is 13.9. The lowest BCUT2D eigenvalue weighted by Crippen LogP contribution is -2.25. The Morgan fingerprint density at radius 3 is 2.20 bits per heavy atom. The van der Waals surface area contributed by atoms with Crippen LogP contribution in [0.1, 0.15) is 45.4 Å². The van der Waals surface area contributed by atoms with Crippen LogP contribution in [0.25, 0.3) is 0 Å². The summed E-state index contributed by atoms with van der Waals surface area (Å²) in [6.07, 6.45) is 5.11. The third-order valence-electron chi connectivity index (χ3n) is 2.05. The molecule has 0 spiro atoms. The van der Waals surface area contributed by atoms with Crippen molar-refractivity contribution in [3.63, 3.8) is 0 Å². The van der Waals surface area contributed by atoms with Gasteiger partial charge >= 0.3 is 12.1 Å². The zero-order chi connectivity index (χ0) is 11.7. The van der Waals surface area contributed by atoms with Gasteiger partial charge in [0, 0.05) is 20.5 Å². The first-order valence-electron chi connectivity index (χ1n) is 5.50. The summed E-state index contributed by atoms with van der Waals surface area (Å²) in [5.74, 6) is -0.426. The van der Waals surface area contributed by atoms with Gasteiger partial charge < -0.3 is 9.64 Å². The standard InChI is InChI=1S/C11H21NO3/c1-4-5-6-7-8-9-10(13)15-11(14)12(2)3/h4-9H2,1-3H3. The zero-order valence-corrected chi connectivity index (χ0v) is 9.91. The van der Waals surface area contributed by atoms with Gasteiger partial charge in [0.15, 0.2) is 0 Å². The van der Waals surface area contributed by atoms with E-state index in [0.29, 0.717) is 6.42 Å². The number of hydrogen-bond acceptors (Lipinski definition) is 3. The van der Waals surface area contributed by atoms with Crippen molar-refractivity contribution in [1.82, 2.24) is 4.90 Å². The molecule has 0 atom stereocenters. The van der Waals surface area contributed by atoms with Crippen LogP contribution in [0.15, 0.2) is 0 Å². The van der Waals surface area contributed by atoms with E-state index in [2.05, 4.69) is 11.7 Å². The molecule has 0 rings (SSSR count). The van der Waals surface area contributed by atoms with Crippen molar-refractivity contribution in [3.05, 3.63) is 0 Å². The van der Waals surface area contributed by atoms with Crippen LogP contribution in [0.3, 0.4) is 0 Å². The van der Waals surface area contributed by atoms with Crippen LogP contribution in [0, 0.1) is 0 Å². The molecule has 0 aromatic rings. The molecular weight excluding hydrogens is 194 g/mol. The van der Waals surface area contributed by atoms with Crippen molar-refractivity contribution in [2.45, 2.75) is 45.4 Å². The number of hydrogen-bond donors (Lipinski definition) is 0. The monoisotopic (exact) mass is 215 g/mol. The second-order valence-electron chi connectivity index (χ2n) is 3.80. The maximum Gasteiger partial charge on any atom is 0.416 e. The molecule has 0 saturated carbocycles. The van der Waals surface area contributed by atoms with Gasteiger partial charge in [0.2, 0.25) is 0 Å². The third kappa shape index (κ3) is 7.97. The van der Waals surface area contributed by atoms with Crippen LogP contribution in [0.5, 0.6) is 0 Å². The topological polar surface area (TPSA) is 46.6 Å². The Kier molecular flexibility index (Phi) is 7.68. The number of rotatable bonds is 6. The molecule has 4 nitrogen and oxygen atoms in total. The normalized spacial score (nSPS) is 9.80. The molecule has 0 bridgehead atoms.